The highest BCUT2D eigenvalue weighted by Crippen LogP contribution is 2.19. The van der Waals surface area contributed by atoms with Crippen molar-refractivity contribution in [2.75, 3.05) is 20.6 Å². The molecule has 1 aromatic carbocycles. The number of carbonyl (C=O) groups is 1. The van der Waals surface area contributed by atoms with Crippen molar-refractivity contribution in [2.24, 2.45) is 0 Å². The minimum Gasteiger partial charge on any atom is -0.354 e. The van der Waals surface area contributed by atoms with Crippen LogP contribution in [0.5, 0.6) is 0 Å². The molecular weight excluding hydrogens is 281 g/mol. The third kappa shape index (κ3) is 4.36. The van der Waals surface area contributed by atoms with E-state index in [1.807, 2.05) is 12.1 Å². The largest absolute Gasteiger partial charge is 0.354 e. The number of halogens is 1. The van der Waals surface area contributed by atoms with Crippen molar-refractivity contribution in [1.82, 2.24) is 15.2 Å². The molecule has 116 valence electrons. The molecule has 1 N–H and O–H groups in total. The van der Waals surface area contributed by atoms with E-state index in [0.29, 0.717) is 18.5 Å². The fourth-order valence-corrected chi connectivity index (χ4v) is 2.33. The Morgan fingerprint density at radius 3 is 2.77 bits per heavy atom. The van der Waals surface area contributed by atoms with Crippen LogP contribution in [-0.2, 0) is 11.2 Å². The molecule has 0 bridgehead atoms. The Morgan fingerprint density at radius 1 is 1.32 bits per heavy atom. The van der Waals surface area contributed by atoms with E-state index in [1.54, 1.807) is 43.5 Å². The molecule has 0 unspecified atom stereocenters. The number of nitrogens with one attached hydrogen (secondary N) is 1. The third-order valence-corrected chi connectivity index (χ3v) is 3.36. The minimum absolute atomic E-state index is 0.139. The topological polar surface area (TPSA) is 45.2 Å². The van der Waals surface area contributed by atoms with Gasteiger partial charge in [0.2, 0.25) is 5.91 Å². The predicted octanol–water partition coefficient (Wildman–Crippen LogP) is 2.18. The van der Waals surface area contributed by atoms with Gasteiger partial charge < -0.3 is 5.32 Å². The highest BCUT2D eigenvalue weighted by molar-refractivity contribution is 5.83. The Labute approximate surface area is 130 Å². The second-order valence-electron chi connectivity index (χ2n) is 5.32. The molecule has 1 heterocycles. The number of amides is 1. The van der Waals surface area contributed by atoms with E-state index in [0.717, 1.165) is 5.56 Å². The van der Waals surface area contributed by atoms with Crippen molar-refractivity contribution in [2.45, 2.75) is 12.5 Å². The maximum Gasteiger partial charge on any atom is 0.241 e. The first-order chi connectivity index (χ1) is 10.6. The fraction of sp³-hybridized carbons (Fsp3) is 0.294. The summed E-state index contributed by atoms with van der Waals surface area (Å²) in [5.41, 5.74) is 1.71. The van der Waals surface area contributed by atoms with Crippen LogP contribution in [0.15, 0.2) is 48.8 Å². The Hall–Kier alpha value is -2.27. The molecule has 0 saturated carbocycles. The van der Waals surface area contributed by atoms with Gasteiger partial charge in [0.15, 0.2) is 0 Å². The summed E-state index contributed by atoms with van der Waals surface area (Å²) in [6, 6.07) is 9.46. The van der Waals surface area contributed by atoms with Gasteiger partial charge in [-0.05, 0) is 49.8 Å². The van der Waals surface area contributed by atoms with Crippen LogP contribution in [0.25, 0.3) is 0 Å². The first kappa shape index (κ1) is 16.1. The number of aromatic nitrogens is 1. The van der Waals surface area contributed by atoms with E-state index >= 15 is 0 Å². The highest BCUT2D eigenvalue weighted by atomic mass is 19.1. The number of hydrogen-bond acceptors (Lipinski definition) is 3. The lowest BCUT2D eigenvalue weighted by Crippen LogP contribution is -2.38. The van der Waals surface area contributed by atoms with Crippen molar-refractivity contribution in [1.29, 1.82) is 0 Å². The molecular formula is C17H20FN3O. The summed E-state index contributed by atoms with van der Waals surface area (Å²) in [4.78, 5) is 18.2. The van der Waals surface area contributed by atoms with Crippen LogP contribution < -0.4 is 5.32 Å². The Balaban J connectivity index is 1.98. The Morgan fingerprint density at radius 2 is 2.14 bits per heavy atom. The summed E-state index contributed by atoms with van der Waals surface area (Å²) in [6.07, 6.45) is 4.21. The molecule has 22 heavy (non-hydrogen) atoms. The molecule has 0 saturated heterocycles. The second-order valence-corrected chi connectivity index (χ2v) is 5.32. The molecule has 5 heteroatoms. The first-order valence-corrected chi connectivity index (χ1v) is 7.16. The van der Waals surface area contributed by atoms with Crippen LogP contribution in [0, 0.1) is 5.82 Å². The number of hydrogen-bond donors (Lipinski definition) is 1. The van der Waals surface area contributed by atoms with E-state index in [9.17, 15) is 9.18 Å². The SMILES string of the molecule is CN(C)[C@H](C(=O)NCCc1cccnc1)c1cccc(F)c1. The van der Waals surface area contributed by atoms with Gasteiger partial charge in [-0.25, -0.2) is 4.39 Å². The molecule has 2 aromatic rings. The minimum atomic E-state index is -0.510. The molecule has 2 rings (SSSR count). The van der Waals surface area contributed by atoms with Crippen molar-refractivity contribution in [3.63, 3.8) is 0 Å². The van der Waals surface area contributed by atoms with Gasteiger partial charge in [-0.2, -0.15) is 0 Å². The second kappa shape index (κ2) is 7.66. The van der Waals surface area contributed by atoms with Crippen LogP contribution in [0.3, 0.4) is 0 Å². The van der Waals surface area contributed by atoms with Crippen molar-refractivity contribution >= 4 is 5.91 Å². The van der Waals surface area contributed by atoms with Gasteiger partial charge in [-0.1, -0.05) is 18.2 Å². The molecule has 0 aliphatic heterocycles. The molecule has 0 spiro atoms. The third-order valence-electron chi connectivity index (χ3n) is 3.36. The average Bonchev–Trinajstić information content (AvgIpc) is 2.48. The van der Waals surface area contributed by atoms with Gasteiger partial charge in [0, 0.05) is 18.9 Å². The van der Waals surface area contributed by atoms with Crippen LogP contribution >= 0.6 is 0 Å². The summed E-state index contributed by atoms with van der Waals surface area (Å²) in [6.45, 7) is 0.518. The van der Waals surface area contributed by atoms with E-state index in [1.165, 1.54) is 12.1 Å². The number of benzene rings is 1. The zero-order chi connectivity index (χ0) is 15.9. The zero-order valence-electron chi connectivity index (χ0n) is 12.8. The number of pyridine rings is 1. The molecule has 1 amide bonds. The molecule has 0 aliphatic carbocycles. The summed E-state index contributed by atoms with van der Waals surface area (Å²) >= 11 is 0. The van der Waals surface area contributed by atoms with Crippen LogP contribution in [-0.4, -0.2) is 36.4 Å². The van der Waals surface area contributed by atoms with Gasteiger partial charge in [0.1, 0.15) is 11.9 Å². The van der Waals surface area contributed by atoms with E-state index in [-0.39, 0.29) is 11.7 Å². The van der Waals surface area contributed by atoms with Crippen LogP contribution in [0.4, 0.5) is 4.39 Å². The van der Waals surface area contributed by atoms with Crippen molar-refractivity contribution in [3.8, 4) is 0 Å². The number of rotatable bonds is 6. The monoisotopic (exact) mass is 301 g/mol. The predicted molar refractivity (Wildman–Crippen MR) is 83.8 cm³/mol. The standard InChI is InChI=1S/C17H20FN3O/c1-21(2)16(14-6-3-7-15(18)11-14)17(22)20-10-8-13-5-4-9-19-12-13/h3-7,9,11-12,16H,8,10H2,1-2H3,(H,20,22)/t16-/m0/s1. The highest BCUT2D eigenvalue weighted by Gasteiger charge is 2.22. The normalized spacial score (nSPS) is 12.2. The molecule has 1 atom stereocenters. The molecule has 0 aliphatic rings. The first-order valence-electron chi connectivity index (χ1n) is 7.16. The summed E-state index contributed by atoms with van der Waals surface area (Å²) < 4.78 is 13.4. The lowest BCUT2D eigenvalue weighted by Gasteiger charge is -2.24. The van der Waals surface area contributed by atoms with Gasteiger partial charge in [-0.15, -0.1) is 0 Å². The molecule has 1 aromatic heterocycles. The van der Waals surface area contributed by atoms with E-state index < -0.39 is 6.04 Å². The fourth-order valence-electron chi connectivity index (χ4n) is 2.33. The summed E-state index contributed by atoms with van der Waals surface area (Å²) in [5, 5.41) is 2.90. The maximum atomic E-state index is 13.4. The summed E-state index contributed by atoms with van der Waals surface area (Å²) in [5.74, 6) is -0.480. The Bertz CT molecular complexity index is 616. The number of nitrogens with zero attached hydrogens (tertiary/aromatic N) is 2. The summed E-state index contributed by atoms with van der Waals surface area (Å²) in [7, 11) is 3.60. The smallest absolute Gasteiger partial charge is 0.241 e. The average molecular weight is 301 g/mol. The van der Waals surface area contributed by atoms with Gasteiger partial charge in [0.05, 0.1) is 0 Å². The lowest BCUT2D eigenvalue weighted by molar-refractivity contribution is -0.125. The molecule has 0 fully saturated rings. The van der Waals surface area contributed by atoms with Gasteiger partial charge in [-0.3, -0.25) is 14.7 Å². The Kier molecular flexibility index (Phi) is 5.61. The molecule has 0 radical (unpaired) electrons. The lowest BCUT2D eigenvalue weighted by atomic mass is 10.0. The van der Waals surface area contributed by atoms with Gasteiger partial charge >= 0.3 is 0 Å². The van der Waals surface area contributed by atoms with Crippen molar-refractivity contribution < 1.29 is 9.18 Å². The van der Waals surface area contributed by atoms with E-state index in [4.69, 9.17) is 0 Å². The quantitative estimate of drug-likeness (QED) is 0.889. The zero-order valence-corrected chi connectivity index (χ0v) is 12.8. The number of carbonyl (C=O) groups excluding carboxylic acids is 1. The molecule has 4 nitrogen and oxygen atoms in total. The number of likely N-dealkylation sites (N-methyl/N-ethyl adjacent to an activating group) is 1. The van der Waals surface area contributed by atoms with Gasteiger partial charge in [0.25, 0.3) is 0 Å². The maximum absolute atomic E-state index is 13.4. The van der Waals surface area contributed by atoms with Crippen LogP contribution in [0.2, 0.25) is 0 Å². The van der Waals surface area contributed by atoms with Crippen molar-refractivity contribution in [3.05, 3.63) is 65.7 Å². The van der Waals surface area contributed by atoms with Crippen LogP contribution in [0.1, 0.15) is 17.2 Å². The van der Waals surface area contributed by atoms with E-state index in [2.05, 4.69) is 10.3 Å².